The number of benzene rings is 1. The lowest BCUT2D eigenvalue weighted by Crippen LogP contribution is -2.36. The molecule has 1 aromatic carbocycles. The molecule has 0 aliphatic carbocycles. The molecule has 0 atom stereocenters. The van der Waals surface area contributed by atoms with Gasteiger partial charge in [0.05, 0.1) is 6.54 Å². The largest absolute Gasteiger partial charge is 0.399 e. The molecule has 4 heteroatoms. The number of hydrogen-bond donors (Lipinski definition) is 2. The topological polar surface area (TPSA) is 58.4 Å². The van der Waals surface area contributed by atoms with Gasteiger partial charge in [0, 0.05) is 24.5 Å². The summed E-state index contributed by atoms with van der Waals surface area (Å²) in [5.74, 6) is 0.0154. The predicted octanol–water partition coefficient (Wildman–Crippen LogP) is 2.17. The summed E-state index contributed by atoms with van der Waals surface area (Å²) in [6.07, 6.45) is 3.23. The Labute approximate surface area is 114 Å². The first kappa shape index (κ1) is 13.6. The number of rotatable bonds is 3. The molecule has 102 valence electrons. The van der Waals surface area contributed by atoms with Crippen molar-refractivity contribution >= 4 is 17.3 Å². The minimum atomic E-state index is 0.0154. The molecule has 0 saturated heterocycles. The average molecular weight is 259 g/mol. The van der Waals surface area contributed by atoms with Gasteiger partial charge in [-0.2, -0.15) is 0 Å². The van der Waals surface area contributed by atoms with Crippen molar-refractivity contribution in [3.05, 3.63) is 35.4 Å². The zero-order valence-electron chi connectivity index (χ0n) is 11.6. The molecule has 3 N–H and O–H groups in total. The first-order valence-corrected chi connectivity index (χ1v) is 6.58. The average Bonchev–Trinajstić information content (AvgIpc) is 2.37. The Balaban J connectivity index is 1.92. The van der Waals surface area contributed by atoms with Crippen LogP contribution in [-0.4, -0.2) is 30.4 Å². The molecule has 1 amide bonds. The van der Waals surface area contributed by atoms with Crippen LogP contribution in [0, 0.1) is 6.92 Å². The lowest BCUT2D eigenvalue weighted by molar-refractivity contribution is -0.117. The Morgan fingerprint density at radius 3 is 2.89 bits per heavy atom. The van der Waals surface area contributed by atoms with Crippen molar-refractivity contribution in [2.75, 3.05) is 30.7 Å². The van der Waals surface area contributed by atoms with Crippen molar-refractivity contribution < 1.29 is 4.79 Å². The highest BCUT2D eigenvalue weighted by atomic mass is 16.2. The molecule has 0 spiro atoms. The zero-order valence-corrected chi connectivity index (χ0v) is 11.6. The third-order valence-corrected chi connectivity index (χ3v) is 3.42. The standard InChI is InChI=1S/C15H21N3O/c1-11-5-7-18(8-6-11)10-15(19)17-14-9-13(16)4-3-12(14)2/h3-5,9H,6-8,10,16H2,1-2H3,(H,17,19). The van der Waals surface area contributed by atoms with Crippen LogP contribution in [0.3, 0.4) is 0 Å². The highest BCUT2D eigenvalue weighted by Gasteiger charge is 2.13. The first-order valence-electron chi connectivity index (χ1n) is 6.58. The summed E-state index contributed by atoms with van der Waals surface area (Å²) in [7, 11) is 0. The maximum Gasteiger partial charge on any atom is 0.238 e. The molecule has 1 aliphatic rings. The van der Waals surface area contributed by atoms with Crippen LogP contribution in [0.15, 0.2) is 29.8 Å². The predicted molar refractivity (Wildman–Crippen MR) is 79.0 cm³/mol. The van der Waals surface area contributed by atoms with Crippen LogP contribution in [0.2, 0.25) is 0 Å². The highest BCUT2D eigenvalue weighted by Crippen LogP contribution is 2.18. The van der Waals surface area contributed by atoms with E-state index in [0.29, 0.717) is 12.2 Å². The number of carbonyl (C=O) groups is 1. The van der Waals surface area contributed by atoms with E-state index in [2.05, 4.69) is 23.2 Å². The summed E-state index contributed by atoms with van der Waals surface area (Å²) < 4.78 is 0. The van der Waals surface area contributed by atoms with Gasteiger partial charge >= 0.3 is 0 Å². The Hall–Kier alpha value is -1.81. The van der Waals surface area contributed by atoms with E-state index < -0.39 is 0 Å². The number of nitrogens with one attached hydrogen (secondary N) is 1. The van der Waals surface area contributed by atoms with Crippen LogP contribution >= 0.6 is 0 Å². The molecule has 0 unspecified atom stereocenters. The fraction of sp³-hybridized carbons (Fsp3) is 0.400. The second-order valence-corrected chi connectivity index (χ2v) is 5.16. The second-order valence-electron chi connectivity index (χ2n) is 5.16. The molecule has 0 aromatic heterocycles. The fourth-order valence-electron chi connectivity index (χ4n) is 2.12. The number of anilines is 2. The summed E-state index contributed by atoms with van der Waals surface area (Å²) in [4.78, 5) is 14.2. The van der Waals surface area contributed by atoms with Crippen molar-refractivity contribution in [3.63, 3.8) is 0 Å². The van der Waals surface area contributed by atoms with Gasteiger partial charge in [0.15, 0.2) is 0 Å². The van der Waals surface area contributed by atoms with E-state index in [4.69, 9.17) is 5.73 Å². The van der Waals surface area contributed by atoms with Crippen molar-refractivity contribution in [1.29, 1.82) is 0 Å². The Kier molecular flexibility index (Phi) is 4.22. The fourth-order valence-corrected chi connectivity index (χ4v) is 2.12. The minimum Gasteiger partial charge on any atom is -0.399 e. The lowest BCUT2D eigenvalue weighted by atomic mass is 10.1. The number of hydrogen-bond acceptors (Lipinski definition) is 3. The van der Waals surface area contributed by atoms with Crippen molar-refractivity contribution in [3.8, 4) is 0 Å². The maximum atomic E-state index is 12.0. The number of carbonyl (C=O) groups excluding carboxylic acids is 1. The van der Waals surface area contributed by atoms with E-state index in [9.17, 15) is 4.79 Å². The van der Waals surface area contributed by atoms with E-state index in [-0.39, 0.29) is 5.91 Å². The number of aryl methyl sites for hydroxylation is 1. The summed E-state index contributed by atoms with van der Waals surface area (Å²) in [5.41, 5.74) is 9.63. The van der Waals surface area contributed by atoms with Gasteiger partial charge in [-0.1, -0.05) is 17.7 Å². The van der Waals surface area contributed by atoms with Crippen LogP contribution in [-0.2, 0) is 4.79 Å². The molecule has 1 aliphatic heterocycles. The van der Waals surface area contributed by atoms with Crippen LogP contribution in [0.1, 0.15) is 18.9 Å². The smallest absolute Gasteiger partial charge is 0.238 e. The molecule has 2 rings (SSSR count). The number of amides is 1. The van der Waals surface area contributed by atoms with Gasteiger partial charge in [-0.05, 0) is 38.0 Å². The van der Waals surface area contributed by atoms with Crippen LogP contribution in [0.25, 0.3) is 0 Å². The zero-order chi connectivity index (χ0) is 13.8. The van der Waals surface area contributed by atoms with Crippen LogP contribution < -0.4 is 11.1 Å². The summed E-state index contributed by atoms with van der Waals surface area (Å²) >= 11 is 0. The van der Waals surface area contributed by atoms with Crippen molar-refractivity contribution in [2.24, 2.45) is 0 Å². The number of nitrogens with zero attached hydrogens (tertiary/aromatic N) is 1. The summed E-state index contributed by atoms with van der Waals surface area (Å²) in [6, 6.07) is 5.55. The monoisotopic (exact) mass is 259 g/mol. The normalized spacial score (nSPS) is 16.0. The third kappa shape index (κ3) is 3.83. The van der Waals surface area contributed by atoms with Gasteiger partial charge in [-0.3, -0.25) is 9.69 Å². The Morgan fingerprint density at radius 2 is 2.21 bits per heavy atom. The quantitative estimate of drug-likeness (QED) is 0.646. The van der Waals surface area contributed by atoms with Gasteiger partial charge in [0.25, 0.3) is 0 Å². The molecular weight excluding hydrogens is 238 g/mol. The van der Waals surface area contributed by atoms with Crippen molar-refractivity contribution in [2.45, 2.75) is 20.3 Å². The molecular formula is C15H21N3O. The second kappa shape index (κ2) is 5.89. The SMILES string of the molecule is CC1=CCN(CC(=O)Nc2cc(N)ccc2C)CC1. The van der Waals surface area contributed by atoms with E-state index in [1.165, 1.54) is 5.57 Å². The molecule has 1 heterocycles. The molecule has 19 heavy (non-hydrogen) atoms. The van der Waals surface area contributed by atoms with E-state index in [0.717, 1.165) is 30.8 Å². The molecule has 0 fully saturated rings. The Morgan fingerprint density at radius 1 is 1.42 bits per heavy atom. The lowest BCUT2D eigenvalue weighted by Gasteiger charge is -2.24. The summed E-state index contributed by atoms with van der Waals surface area (Å²) in [6.45, 7) is 6.33. The van der Waals surface area contributed by atoms with Crippen molar-refractivity contribution in [1.82, 2.24) is 4.90 Å². The van der Waals surface area contributed by atoms with Crippen LogP contribution in [0.5, 0.6) is 0 Å². The Bertz CT molecular complexity index is 508. The first-order chi connectivity index (χ1) is 9.04. The van der Waals surface area contributed by atoms with Gasteiger partial charge in [0.1, 0.15) is 0 Å². The van der Waals surface area contributed by atoms with Gasteiger partial charge in [-0.25, -0.2) is 0 Å². The van der Waals surface area contributed by atoms with Gasteiger partial charge in [-0.15, -0.1) is 0 Å². The molecule has 1 aromatic rings. The van der Waals surface area contributed by atoms with E-state index >= 15 is 0 Å². The maximum absolute atomic E-state index is 12.0. The molecule has 4 nitrogen and oxygen atoms in total. The van der Waals surface area contributed by atoms with E-state index in [1.807, 2.05) is 19.1 Å². The number of nitrogen functional groups attached to an aromatic ring is 1. The minimum absolute atomic E-state index is 0.0154. The summed E-state index contributed by atoms with van der Waals surface area (Å²) in [5, 5.41) is 2.93. The molecule has 0 bridgehead atoms. The molecule has 0 radical (unpaired) electrons. The highest BCUT2D eigenvalue weighted by molar-refractivity contribution is 5.93. The van der Waals surface area contributed by atoms with E-state index in [1.54, 1.807) is 6.07 Å². The van der Waals surface area contributed by atoms with Crippen LogP contribution in [0.4, 0.5) is 11.4 Å². The van der Waals surface area contributed by atoms with Gasteiger partial charge in [0.2, 0.25) is 5.91 Å². The number of nitrogens with two attached hydrogens (primary N) is 1. The third-order valence-electron chi connectivity index (χ3n) is 3.42. The van der Waals surface area contributed by atoms with Gasteiger partial charge < -0.3 is 11.1 Å². The molecule has 0 saturated carbocycles.